The first kappa shape index (κ1) is 19.2. The smallest absolute Gasteiger partial charge is 0.252 e. The van der Waals surface area contributed by atoms with Crippen molar-refractivity contribution in [3.63, 3.8) is 0 Å². The van der Waals surface area contributed by atoms with Gasteiger partial charge in [0.05, 0.1) is 0 Å². The largest absolute Gasteiger partial charge is 0.341 e. The lowest BCUT2D eigenvalue weighted by atomic mass is 9.90. The summed E-state index contributed by atoms with van der Waals surface area (Å²) >= 11 is 0. The molecule has 27 heavy (non-hydrogen) atoms. The summed E-state index contributed by atoms with van der Waals surface area (Å²) in [4.78, 5) is 27.1. The molecule has 0 aliphatic carbocycles. The van der Waals surface area contributed by atoms with Crippen molar-refractivity contribution in [3.8, 4) is 0 Å². The minimum atomic E-state index is -0.511. The summed E-state index contributed by atoms with van der Waals surface area (Å²) in [5, 5.41) is 2.85. The van der Waals surface area contributed by atoms with Gasteiger partial charge < -0.3 is 10.2 Å². The maximum atomic E-state index is 12.7. The Labute approximate surface area is 161 Å². The van der Waals surface area contributed by atoms with E-state index in [9.17, 15) is 9.59 Å². The number of piperidine rings is 1. The van der Waals surface area contributed by atoms with Crippen LogP contribution in [0.4, 0.5) is 0 Å². The molecule has 1 aliphatic rings. The Kier molecular flexibility index (Phi) is 6.28. The topological polar surface area (TPSA) is 49.4 Å². The van der Waals surface area contributed by atoms with E-state index in [1.165, 1.54) is 5.56 Å². The second kappa shape index (κ2) is 8.85. The van der Waals surface area contributed by atoms with Crippen LogP contribution in [0.2, 0.25) is 0 Å². The number of nitrogens with one attached hydrogen (secondary N) is 1. The van der Waals surface area contributed by atoms with Crippen molar-refractivity contribution in [1.82, 2.24) is 10.2 Å². The summed E-state index contributed by atoms with van der Waals surface area (Å²) < 4.78 is 0. The Balaban J connectivity index is 1.50. The van der Waals surface area contributed by atoms with Crippen molar-refractivity contribution in [2.24, 2.45) is 5.92 Å². The molecule has 0 bridgehead atoms. The predicted molar refractivity (Wildman–Crippen MR) is 108 cm³/mol. The molecule has 1 atom stereocenters. The highest BCUT2D eigenvalue weighted by Crippen LogP contribution is 2.22. The Morgan fingerprint density at radius 1 is 1.04 bits per heavy atom. The van der Waals surface area contributed by atoms with Gasteiger partial charge in [0.25, 0.3) is 5.91 Å². The highest BCUT2D eigenvalue weighted by molar-refractivity contribution is 5.98. The lowest BCUT2D eigenvalue weighted by molar-refractivity contribution is -0.134. The van der Waals surface area contributed by atoms with Crippen molar-refractivity contribution >= 4 is 11.8 Å². The lowest BCUT2D eigenvalue weighted by Crippen LogP contribution is -2.49. The Bertz CT molecular complexity index is 780. The van der Waals surface area contributed by atoms with E-state index < -0.39 is 6.04 Å². The Hall–Kier alpha value is -2.62. The summed E-state index contributed by atoms with van der Waals surface area (Å²) in [6.07, 6.45) is 3.10. The van der Waals surface area contributed by atoms with Gasteiger partial charge in [0.1, 0.15) is 6.04 Å². The molecular weight excluding hydrogens is 336 g/mol. The number of hydrogen-bond donors (Lipinski definition) is 1. The van der Waals surface area contributed by atoms with Crippen LogP contribution in [0.15, 0.2) is 54.6 Å². The fraction of sp³-hybridized carbons (Fsp3) is 0.391. The molecule has 1 aliphatic heterocycles. The maximum absolute atomic E-state index is 12.7. The van der Waals surface area contributed by atoms with Crippen LogP contribution < -0.4 is 5.32 Å². The van der Waals surface area contributed by atoms with E-state index in [4.69, 9.17) is 0 Å². The minimum Gasteiger partial charge on any atom is -0.341 e. The average molecular weight is 364 g/mol. The molecule has 142 valence electrons. The minimum absolute atomic E-state index is 0.00935. The molecular formula is C23H28N2O2. The van der Waals surface area contributed by atoms with E-state index in [0.717, 1.165) is 37.9 Å². The molecule has 4 nitrogen and oxygen atoms in total. The molecule has 1 fully saturated rings. The summed E-state index contributed by atoms with van der Waals surface area (Å²) in [6.45, 7) is 5.20. The quantitative estimate of drug-likeness (QED) is 0.881. The number of carbonyl (C=O) groups excluding carboxylic acids is 2. The number of carbonyl (C=O) groups is 2. The molecule has 2 aromatic rings. The number of aryl methyl sites for hydroxylation is 1. The molecule has 0 spiro atoms. The molecule has 2 aromatic carbocycles. The summed E-state index contributed by atoms with van der Waals surface area (Å²) in [7, 11) is 0. The van der Waals surface area contributed by atoms with Crippen LogP contribution >= 0.6 is 0 Å². The second-order valence-corrected chi connectivity index (χ2v) is 7.47. The molecule has 1 heterocycles. The van der Waals surface area contributed by atoms with Crippen molar-refractivity contribution in [3.05, 3.63) is 71.3 Å². The van der Waals surface area contributed by atoms with E-state index in [-0.39, 0.29) is 11.8 Å². The standard InChI is InChI=1S/C23H28N2O2/c1-17-8-6-7-11-21(17)22(26)24-18(2)23(27)25-14-12-20(13-15-25)16-19-9-4-3-5-10-19/h3-11,18,20H,12-16H2,1-2H3,(H,24,26)/t18-/m0/s1. The molecule has 2 amide bonds. The van der Waals surface area contributed by atoms with E-state index in [2.05, 4.69) is 29.6 Å². The summed E-state index contributed by atoms with van der Waals surface area (Å²) in [5.41, 5.74) is 2.90. The summed E-state index contributed by atoms with van der Waals surface area (Å²) in [6, 6.07) is 17.4. The molecule has 1 N–H and O–H groups in total. The number of nitrogens with zero attached hydrogens (tertiary/aromatic N) is 1. The zero-order valence-corrected chi connectivity index (χ0v) is 16.2. The lowest BCUT2D eigenvalue weighted by Gasteiger charge is -2.33. The van der Waals surface area contributed by atoms with Crippen LogP contribution in [0, 0.1) is 12.8 Å². The van der Waals surface area contributed by atoms with Gasteiger partial charge in [-0.2, -0.15) is 0 Å². The van der Waals surface area contributed by atoms with Crippen LogP contribution in [-0.4, -0.2) is 35.8 Å². The Morgan fingerprint density at radius 3 is 2.33 bits per heavy atom. The van der Waals surface area contributed by atoms with Crippen LogP contribution in [0.5, 0.6) is 0 Å². The van der Waals surface area contributed by atoms with Crippen LogP contribution in [0.1, 0.15) is 41.3 Å². The molecule has 0 radical (unpaired) electrons. The summed E-state index contributed by atoms with van der Waals surface area (Å²) in [5.74, 6) is 0.441. The van der Waals surface area contributed by atoms with Crippen LogP contribution in [0.25, 0.3) is 0 Å². The number of likely N-dealkylation sites (tertiary alicyclic amines) is 1. The average Bonchev–Trinajstić information content (AvgIpc) is 2.69. The number of amides is 2. The van der Waals surface area contributed by atoms with Crippen molar-refractivity contribution in [2.75, 3.05) is 13.1 Å². The second-order valence-electron chi connectivity index (χ2n) is 7.47. The third kappa shape index (κ3) is 4.97. The van der Waals surface area contributed by atoms with E-state index in [1.54, 1.807) is 13.0 Å². The molecule has 3 rings (SSSR count). The first-order valence-corrected chi connectivity index (χ1v) is 9.74. The number of benzene rings is 2. The molecule has 0 saturated carbocycles. The van der Waals surface area contributed by atoms with E-state index >= 15 is 0 Å². The van der Waals surface area contributed by atoms with Gasteiger partial charge in [-0.25, -0.2) is 0 Å². The molecule has 1 saturated heterocycles. The van der Waals surface area contributed by atoms with Gasteiger partial charge in [-0.3, -0.25) is 9.59 Å². The highest BCUT2D eigenvalue weighted by atomic mass is 16.2. The highest BCUT2D eigenvalue weighted by Gasteiger charge is 2.27. The van der Waals surface area contributed by atoms with Crippen LogP contribution in [0.3, 0.4) is 0 Å². The first-order chi connectivity index (χ1) is 13.0. The van der Waals surface area contributed by atoms with Gasteiger partial charge in [0.2, 0.25) is 5.91 Å². The van der Waals surface area contributed by atoms with Gasteiger partial charge in [-0.15, -0.1) is 0 Å². The van der Waals surface area contributed by atoms with Crippen molar-refractivity contribution in [2.45, 2.75) is 39.2 Å². The Morgan fingerprint density at radius 2 is 1.67 bits per heavy atom. The number of rotatable bonds is 5. The maximum Gasteiger partial charge on any atom is 0.252 e. The fourth-order valence-electron chi connectivity index (χ4n) is 3.74. The predicted octanol–water partition coefficient (Wildman–Crippen LogP) is 3.59. The zero-order chi connectivity index (χ0) is 19.2. The van der Waals surface area contributed by atoms with Gasteiger partial charge >= 0.3 is 0 Å². The normalized spacial score (nSPS) is 16.0. The van der Waals surface area contributed by atoms with Gasteiger partial charge in [0.15, 0.2) is 0 Å². The van der Waals surface area contributed by atoms with Crippen molar-refractivity contribution in [1.29, 1.82) is 0 Å². The zero-order valence-electron chi connectivity index (χ0n) is 16.2. The first-order valence-electron chi connectivity index (χ1n) is 9.74. The monoisotopic (exact) mass is 364 g/mol. The van der Waals surface area contributed by atoms with Gasteiger partial charge in [-0.1, -0.05) is 48.5 Å². The van der Waals surface area contributed by atoms with Crippen molar-refractivity contribution < 1.29 is 9.59 Å². The molecule has 0 aromatic heterocycles. The fourth-order valence-corrected chi connectivity index (χ4v) is 3.74. The molecule has 4 heteroatoms. The van der Waals surface area contributed by atoms with E-state index in [1.807, 2.05) is 36.1 Å². The van der Waals surface area contributed by atoms with E-state index in [0.29, 0.717) is 11.5 Å². The van der Waals surface area contributed by atoms with Gasteiger partial charge in [-0.05, 0) is 56.2 Å². The van der Waals surface area contributed by atoms with Crippen LogP contribution in [-0.2, 0) is 11.2 Å². The molecule has 0 unspecified atom stereocenters. The van der Waals surface area contributed by atoms with Gasteiger partial charge in [0, 0.05) is 18.7 Å². The number of hydrogen-bond acceptors (Lipinski definition) is 2. The SMILES string of the molecule is Cc1ccccc1C(=O)N[C@@H](C)C(=O)N1CCC(Cc2ccccc2)CC1. The third-order valence-corrected chi connectivity index (χ3v) is 5.40. The third-order valence-electron chi connectivity index (χ3n) is 5.40.